The molecule has 0 radical (unpaired) electrons. The van der Waals surface area contributed by atoms with Crippen LogP contribution in [-0.2, 0) is 0 Å². The molecule has 3 heterocycles. The molecular formula is C21H23FN4OS. The lowest BCUT2D eigenvalue weighted by Crippen LogP contribution is -2.38. The molecule has 146 valence electrons. The van der Waals surface area contributed by atoms with Gasteiger partial charge in [-0.25, -0.2) is 9.07 Å². The summed E-state index contributed by atoms with van der Waals surface area (Å²) in [6, 6.07) is 11.7. The highest BCUT2D eigenvalue weighted by Gasteiger charge is 2.18. The number of hydrogen-bond donors (Lipinski definition) is 1. The van der Waals surface area contributed by atoms with Crippen molar-refractivity contribution >= 4 is 17.2 Å². The number of likely N-dealkylation sites (tertiary alicyclic amines) is 1. The minimum atomic E-state index is -0.318. The standard InChI is InChI=1S/C21H23FN4OS/c22-16-6-8-17(9-7-16)26-19(15-18(24-26)20-5-4-14-28-20)21(27)23-10-13-25-11-2-1-3-12-25/h4-9,14-15H,1-3,10-13H2,(H,23,27). The summed E-state index contributed by atoms with van der Waals surface area (Å²) in [6.45, 7) is 3.66. The maximum atomic E-state index is 13.3. The summed E-state index contributed by atoms with van der Waals surface area (Å²) < 4.78 is 14.9. The first-order valence-electron chi connectivity index (χ1n) is 9.61. The SMILES string of the molecule is O=C(NCCN1CCCCC1)c1cc(-c2cccs2)nn1-c1ccc(F)cc1. The van der Waals surface area contributed by atoms with Crippen LogP contribution in [0, 0.1) is 5.82 Å². The molecule has 0 atom stereocenters. The van der Waals surface area contributed by atoms with Crippen molar-refractivity contribution in [1.29, 1.82) is 0 Å². The normalized spacial score (nSPS) is 14.9. The Kier molecular flexibility index (Phi) is 5.83. The Morgan fingerprint density at radius 1 is 1.14 bits per heavy atom. The summed E-state index contributed by atoms with van der Waals surface area (Å²) in [5.41, 5.74) is 1.85. The van der Waals surface area contributed by atoms with E-state index in [0.29, 0.717) is 17.9 Å². The van der Waals surface area contributed by atoms with Crippen LogP contribution in [0.4, 0.5) is 4.39 Å². The van der Waals surface area contributed by atoms with Gasteiger partial charge in [-0.1, -0.05) is 12.5 Å². The van der Waals surface area contributed by atoms with Gasteiger partial charge in [0.2, 0.25) is 0 Å². The monoisotopic (exact) mass is 398 g/mol. The summed E-state index contributed by atoms with van der Waals surface area (Å²) in [7, 11) is 0. The van der Waals surface area contributed by atoms with Gasteiger partial charge in [0.05, 0.1) is 10.6 Å². The number of thiophene rings is 1. The largest absolute Gasteiger partial charge is 0.349 e. The second-order valence-corrected chi connectivity index (χ2v) is 7.89. The van der Waals surface area contributed by atoms with E-state index in [0.717, 1.165) is 30.2 Å². The van der Waals surface area contributed by atoms with E-state index in [1.807, 2.05) is 17.5 Å². The fourth-order valence-electron chi connectivity index (χ4n) is 3.47. The lowest BCUT2D eigenvalue weighted by molar-refractivity contribution is 0.0939. The number of nitrogens with one attached hydrogen (secondary N) is 1. The minimum Gasteiger partial charge on any atom is -0.349 e. The smallest absolute Gasteiger partial charge is 0.270 e. The Hall–Kier alpha value is -2.51. The molecule has 2 aromatic heterocycles. The predicted octanol–water partition coefficient (Wildman–Crippen LogP) is 3.96. The van der Waals surface area contributed by atoms with Crippen molar-refractivity contribution in [2.24, 2.45) is 0 Å². The van der Waals surface area contributed by atoms with E-state index in [2.05, 4.69) is 15.3 Å². The van der Waals surface area contributed by atoms with Gasteiger partial charge in [0.25, 0.3) is 5.91 Å². The molecule has 3 aromatic rings. The van der Waals surface area contributed by atoms with Crippen molar-refractivity contribution in [3.63, 3.8) is 0 Å². The number of carbonyl (C=O) groups is 1. The molecule has 1 aliphatic heterocycles. The van der Waals surface area contributed by atoms with E-state index in [9.17, 15) is 9.18 Å². The quantitative estimate of drug-likeness (QED) is 0.684. The van der Waals surface area contributed by atoms with Gasteiger partial charge in [0.15, 0.2) is 0 Å². The third-order valence-electron chi connectivity index (χ3n) is 4.95. The van der Waals surface area contributed by atoms with Crippen LogP contribution >= 0.6 is 11.3 Å². The Labute approximate surface area is 167 Å². The van der Waals surface area contributed by atoms with Crippen LogP contribution in [0.5, 0.6) is 0 Å². The zero-order valence-corrected chi connectivity index (χ0v) is 16.4. The van der Waals surface area contributed by atoms with Crippen LogP contribution in [0.1, 0.15) is 29.8 Å². The van der Waals surface area contributed by atoms with Gasteiger partial charge < -0.3 is 10.2 Å². The van der Waals surface area contributed by atoms with Gasteiger partial charge in [-0.2, -0.15) is 5.10 Å². The first-order chi connectivity index (χ1) is 13.7. The second-order valence-electron chi connectivity index (χ2n) is 6.94. The molecule has 5 nitrogen and oxygen atoms in total. The Balaban J connectivity index is 1.53. The molecule has 1 saturated heterocycles. The fourth-order valence-corrected chi connectivity index (χ4v) is 4.15. The molecule has 1 N–H and O–H groups in total. The lowest BCUT2D eigenvalue weighted by atomic mass is 10.1. The number of halogens is 1. The highest BCUT2D eigenvalue weighted by molar-refractivity contribution is 7.13. The Morgan fingerprint density at radius 2 is 1.93 bits per heavy atom. The van der Waals surface area contributed by atoms with E-state index in [1.54, 1.807) is 34.2 Å². The molecule has 1 fully saturated rings. The summed E-state index contributed by atoms with van der Waals surface area (Å²) in [4.78, 5) is 16.2. The Morgan fingerprint density at radius 3 is 2.64 bits per heavy atom. The fraction of sp³-hybridized carbons (Fsp3) is 0.333. The molecular weight excluding hydrogens is 375 g/mol. The van der Waals surface area contributed by atoms with Crippen LogP contribution in [0.15, 0.2) is 47.8 Å². The number of amides is 1. The highest BCUT2D eigenvalue weighted by atomic mass is 32.1. The zero-order valence-electron chi connectivity index (χ0n) is 15.6. The third kappa shape index (κ3) is 4.31. The zero-order chi connectivity index (χ0) is 19.3. The molecule has 0 unspecified atom stereocenters. The third-order valence-corrected chi connectivity index (χ3v) is 5.84. The van der Waals surface area contributed by atoms with Crippen molar-refractivity contribution in [1.82, 2.24) is 20.0 Å². The topological polar surface area (TPSA) is 50.2 Å². The van der Waals surface area contributed by atoms with Crippen LogP contribution in [0.2, 0.25) is 0 Å². The van der Waals surface area contributed by atoms with Gasteiger partial charge in [-0.15, -0.1) is 11.3 Å². The second kappa shape index (κ2) is 8.67. The molecule has 0 bridgehead atoms. The van der Waals surface area contributed by atoms with Crippen LogP contribution in [-0.4, -0.2) is 46.8 Å². The first kappa shape index (κ1) is 18.8. The van der Waals surface area contributed by atoms with E-state index in [4.69, 9.17) is 0 Å². The molecule has 0 saturated carbocycles. The predicted molar refractivity (Wildman–Crippen MR) is 109 cm³/mol. The van der Waals surface area contributed by atoms with Crippen molar-refractivity contribution in [2.75, 3.05) is 26.2 Å². The molecule has 1 amide bonds. The summed E-state index contributed by atoms with van der Waals surface area (Å²) >= 11 is 1.57. The van der Waals surface area contributed by atoms with Crippen LogP contribution < -0.4 is 5.32 Å². The average Bonchev–Trinajstić information content (AvgIpc) is 3.39. The van der Waals surface area contributed by atoms with Gasteiger partial charge in [-0.3, -0.25) is 4.79 Å². The van der Waals surface area contributed by atoms with E-state index >= 15 is 0 Å². The van der Waals surface area contributed by atoms with E-state index < -0.39 is 0 Å². The van der Waals surface area contributed by atoms with Gasteiger partial charge >= 0.3 is 0 Å². The molecule has 4 rings (SSSR count). The van der Waals surface area contributed by atoms with Crippen LogP contribution in [0.3, 0.4) is 0 Å². The Bertz CT molecular complexity index is 915. The lowest BCUT2D eigenvalue weighted by Gasteiger charge is -2.26. The van der Waals surface area contributed by atoms with E-state index in [-0.39, 0.29) is 11.7 Å². The summed E-state index contributed by atoms with van der Waals surface area (Å²) in [5.74, 6) is -0.487. The minimum absolute atomic E-state index is 0.170. The van der Waals surface area contributed by atoms with Crippen molar-refractivity contribution < 1.29 is 9.18 Å². The van der Waals surface area contributed by atoms with E-state index in [1.165, 1.54) is 31.4 Å². The number of hydrogen-bond acceptors (Lipinski definition) is 4. The average molecular weight is 399 g/mol. The molecule has 1 aromatic carbocycles. The maximum Gasteiger partial charge on any atom is 0.270 e. The molecule has 0 spiro atoms. The van der Waals surface area contributed by atoms with Gasteiger partial charge in [-0.05, 0) is 67.7 Å². The van der Waals surface area contributed by atoms with Gasteiger partial charge in [0, 0.05) is 13.1 Å². The van der Waals surface area contributed by atoms with Crippen molar-refractivity contribution in [2.45, 2.75) is 19.3 Å². The first-order valence-corrected chi connectivity index (χ1v) is 10.5. The summed E-state index contributed by atoms with van der Waals surface area (Å²) in [5, 5.41) is 9.60. The highest BCUT2D eigenvalue weighted by Crippen LogP contribution is 2.26. The molecule has 7 heteroatoms. The number of nitrogens with zero attached hydrogens (tertiary/aromatic N) is 3. The van der Waals surface area contributed by atoms with Gasteiger partial charge in [0.1, 0.15) is 17.2 Å². The number of rotatable bonds is 6. The van der Waals surface area contributed by atoms with Crippen LogP contribution in [0.25, 0.3) is 16.3 Å². The molecule has 1 aliphatic rings. The van der Waals surface area contributed by atoms with Crippen molar-refractivity contribution in [3.8, 4) is 16.3 Å². The number of aromatic nitrogens is 2. The summed E-state index contributed by atoms with van der Waals surface area (Å²) in [6.07, 6.45) is 3.76. The number of carbonyl (C=O) groups excluding carboxylic acids is 1. The number of piperidine rings is 1. The maximum absolute atomic E-state index is 13.3. The molecule has 0 aliphatic carbocycles. The molecule has 28 heavy (non-hydrogen) atoms. The number of benzene rings is 1. The van der Waals surface area contributed by atoms with Crippen molar-refractivity contribution in [3.05, 3.63) is 59.4 Å².